The zero-order chi connectivity index (χ0) is 25.5. The highest BCUT2D eigenvalue weighted by Gasteiger charge is 2.17. The first-order valence-electron chi connectivity index (χ1n) is 10.5. The van der Waals surface area contributed by atoms with Crippen LogP contribution in [0.1, 0.15) is 12.5 Å². The standard InChI is InChI=1S/C24H20N4O5S3/c1-16(29)26-18-9-11-20(12-10-18)36(31,32)33-19-6-4-5-17(13-19)14-25-28-23(30)15-34-24-27-21-7-2-3-8-22(21)35-24/h2-14H,15H2,1H3,(H,26,29)(H,28,30)/b25-14-. The second kappa shape index (κ2) is 11.3. The van der Waals surface area contributed by atoms with Crippen LogP contribution in [-0.4, -0.2) is 37.2 Å². The number of anilines is 1. The molecule has 3 aromatic carbocycles. The number of hydrogen-bond acceptors (Lipinski definition) is 9. The Balaban J connectivity index is 1.31. The fraction of sp³-hybridized carbons (Fsp3) is 0.0833. The number of carbonyl (C=O) groups is 2. The fourth-order valence-electron chi connectivity index (χ4n) is 2.98. The molecular weight excluding hydrogens is 520 g/mol. The van der Waals surface area contributed by atoms with E-state index in [4.69, 9.17) is 4.18 Å². The molecule has 2 amide bonds. The van der Waals surface area contributed by atoms with Gasteiger partial charge in [-0.25, -0.2) is 10.4 Å². The van der Waals surface area contributed by atoms with Crippen LogP contribution in [0.4, 0.5) is 5.69 Å². The Hall–Kier alpha value is -3.74. The van der Waals surface area contributed by atoms with Crippen LogP contribution in [0.5, 0.6) is 5.75 Å². The molecule has 4 aromatic rings. The minimum atomic E-state index is -4.09. The van der Waals surface area contributed by atoms with Crippen molar-refractivity contribution in [3.8, 4) is 5.75 Å². The van der Waals surface area contributed by atoms with E-state index in [0.29, 0.717) is 11.3 Å². The number of rotatable bonds is 9. The molecule has 1 heterocycles. The zero-order valence-corrected chi connectivity index (χ0v) is 21.3. The molecule has 0 atom stereocenters. The number of thioether (sulfide) groups is 1. The van der Waals surface area contributed by atoms with Crippen LogP contribution in [0, 0.1) is 0 Å². The van der Waals surface area contributed by atoms with Gasteiger partial charge in [-0.1, -0.05) is 36.0 Å². The topological polar surface area (TPSA) is 127 Å². The molecule has 184 valence electrons. The molecule has 0 aliphatic carbocycles. The van der Waals surface area contributed by atoms with Gasteiger partial charge in [0.2, 0.25) is 5.91 Å². The summed E-state index contributed by atoms with van der Waals surface area (Å²) in [5, 5.41) is 6.50. The normalized spacial score (nSPS) is 11.5. The number of para-hydroxylation sites is 1. The first-order chi connectivity index (χ1) is 17.3. The van der Waals surface area contributed by atoms with Crippen LogP contribution in [0.15, 0.2) is 87.1 Å². The number of nitrogens with one attached hydrogen (secondary N) is 2. The van der Waals surface area contributed by atoms with Gasteiger partial charge in [0.05, 0.1) is 22.2 Å². The molecule has 12 heteroatoms. The third kappa shape index (κ3) is 6.90. The SMILES string of the molecule is CC(=O)Nc1ccc(S(=O)(=O)Oc2cccc(/C=N\NC(=O)CSc3nc4ccccc4s3)c2)cc1. The van der Waals surface area contributed by atoms with Gasteiger partial charge in [0.1, 0.15) is 10.6 Å². The number of benzene rings is 3. The summed E-state index contributed by atoms with van der Waals surface area (Å²) in [6, 6.07) is 19.7. The van der Waals surface area contributed by atoms with E-state index in [-0.39, 0.29) is 28.2 Å². The molecule has 0 unspecified atom stereocenters. The van der Waals surface area contributed by atoms with E-state index < -0.39 is 10.1 Å². The Morgan fingerprint density at radius 3 is 2.61 bits per heavy atom. The summed E-state index contributed by atoms with van der Waals surface area (Å²) in [7, 11) is -4.09. The molecule has 0 aliphatic heterocycles. The Morgan fingerprint density at radius 2 is 1.86 bits per heavy atom. The van der Waals surface area contributed by atoms with Crippen LogP contribution in [0.2, 0.25) is 0 Å². The molecule has 2 N–H and O–H groups in total. The number of nitrogens with zero attached hydrogens (tertiary/aromatic N) is 2. The van der Waals surface area contributed by atoms with Crippen molar-refractivity contribution in [2.24, 2.45) is 5.10 Å². The number of hydrazone groups is 1. The number of aromatic nitrogens is 1. The monoisotopic (exact) mass is 540 g/mol. The number of fused-ring (bicyclic) bond motifs is 1. The highest BCUT2D eigenvalue weighted by Crippen LogP contribution is 2.29. The molecule has 0 saturated carbocycles. The average molecular weight is 541 g/mol. The lowest BCUT2D eigenvalue weighted by molar-refractivity contribution is -0.118. The lowest BCUT2D eigenvalue weighted by atomic mass is 10.2. The van der Waals surface area contributed by atoms with Gasteiger partial charge in [-0.2, -0.15) is 13.5 Å². The minimum Gasteiger partial charge on any atom is -0.379 e. The van der Waals surface area contributed by atoms with Crippen LogP contribution in [0.3, 0.4) is 0 Å². The van der Waals surface area contributed by atoms with Crippen molar-refractivity contribution in [2.75, 3.05) is 11.1 Å². The Labute approximate surface area is 215 Å². The van der Waals surface area contributed by atoms with Gasteiger partial charge in [-0.15, -0.1) is 11.3 Å². The average Bonchev–Trinajstić information content (AvgIpc) is 3.26. The summed E-state index contributed by atoms with van der Waals surface area (Å²) >= 11 is 2.85. The van der Waals surface area contributed by atoms with Crippen molar-refractivity contribution in [1.82, 2.24) is 10.4 Å². The number of amides is 2. The summed E-state index contributed by atoms with van der Waals surface area (Å²) in [6.07, 6.45) is 1.39. The van der Waals surface area contributed by atoms with Crippen LogP contribution < -0.4 is 14.9 Å². The van der Waals surface area contributed by atoms with E-state index in [2.05, 4.69) is 20.8 Å². The summed E-state index contributed by atoms with van der Waals surface area (Å²) in [5.41, 5.74) is 4.35. The van der Waals surface area contributed by atoms with Crippen molar-refractivity contribution >= 4 is 67.1 Å². The summed E-state index contributed by atoms with van der Waals surface area (Å²) in [5.74, 6) is -0.321. The maximum Gasteiger partial charge on any atom is 0.339 e. The minimum absolute atomic E-state index is 0.0615. The quantitative estimate of drug-likeness (QED) is 0.141. The van der Waals surface area contributed by atoms with Gasteiger partial charge in [0.25, 0.3) is 5.91 Å². The second-order valence-corrected chi connectivity index (χ2v) is 11.1. The molecule has 0 bridgehead atoms. The third-order valence-electron chi connectivity index (χ3n) is 4.53. The maximum absolute atomic E-state index is 12.6. The Kier molecular flexibility index (Phi) is 7.98. The van der Waals surface area contributed by atoms with Gasteiger partial charge >= 0.3 is 10.1 Å². The van der Waals surface area contributed by atoms with E-state index in [1.807, 2.05) is 24.3 Å². The largest absolute Gasteiger partial charge is 0.379 e. The Morgan fingerprint density at radius 1 is 1.08 bits per heavy atom. The second-order valence-electron chi connectivity index (χ2n) is 7.34. The van der Waals surface area contributed by atoms with E-state index in [0.717, 1.165) is 14.6 Å². The first kappa shape index (κ1) is 25.4. The fourth-order valence-corrected chi connectivity index (χ4v) is 5.76. The highest BCUT2D eigenvalue weighted by molar-refractivity contribution is 8.01. The van der Waals surface area contributed by atoms with Crippen molar-refractivity contribution < 1.29 is 22.2 Å². The zero-order valence-electron chi connectivity index (χ0n) is 18.9. The van der Waals surface area contributed by atoms with Gasteiger partial charge < -0.3 is 9.50 Å². The van der Waals surface area contributed by atoms with Crippen LogP contribution >= 0.6 is 23.1 Å². The molecule has 1 aromatic heterocycles. The van der Waals surface area contributed by atoms with E-state index >= 15 is 0 Å². The van der Waals surface area contributed by atoms with Crippen molar-refractivity contribution in [2.45, 2.75) is 16.2 Å². The maximum atomic E-state index is 12.6. The predicted molar refractivity (Wildman–Crippen MR) is 141 cm³/mol. The molecule has 0 spiro atoms. The molecule has 0 fully saturated rings. The van der Waals surface area contributed by atoms with Gasteiger partial charge in [-0.05, 0) is 54.1 Å². The molecular formula is C24H20N4O5S3. The summed E-state index contributed by atoms with van der Waals surface area (Å²) in [4.78, 5) is 27.6. The molecule has 9 nitrogen and oxygen atoms in total. The molecule has 0 aliphatic rings. The van der Waals surface area contributed by atoms with E-state index in [1.54, 1.807) is 12.1 Å². The van der Waals surface area contributed by atoms with E-state index in [9.17, 15) is 18.0 Å². The molecule has 4 rings (SSSR count). The number of hydrogen-bond donors (Lipinski definition) is 2. The van der Waals surface area contributed by atoms with Crippen molar-refractivity contribution in [3.63, 3.8) is 0 Å². The predicted octanol–water partition coefficient (Wildman–Crippen LogP) is 4.26. The van der Waals surface area contributed by atoms with Crippen molar-refractivity contribution in [1.29, 1.82) is 0 Å². The smallest absolute Gasteiger partial charge is 0.339 e. The lowest BCUT2D eigenvalue weighted by Gasteiger charge is -2.08. The van der Waals surface area contributed by atoms with E-state index in [1.165, 1.54) is 72.6 Å². The summed E-state index contributed by atoms with van der Waals surface area (Å²) < 4.78 is 32.3. The lowest BCUT2D eigenvalue weighted by Crippen LogP contribution is -2.19. The highest BCUT2D eigenvalue weighted by atomic mass is 32.2. The van der Waals surface area contributed by atoms with Crippen LogP contribution in [0.25, 0.3) is 10.2 Å². The number of carbonyl (C=O) groups excluding carboxylic acids is 2. The van der Waals surface area contributed by atoms with Crippen LogP contribution in [-0.2, 0) is 19.7 Å². The Bertz CT molecular complexity index is 1500. The van der Waals surface area contributed by atoms with Gasteiger partial charge in [0.15, 0.2) is 4.34 Å². The van der Waals surface area contributed by atoms with Crippen molar-refractivity contribution in [3.05, 3.63) is 78.4 Å². The first-order valence-corrected chi connectivity index (χ1v) is 13.7. The third-order valence-corrected chi connectivity index (χ3v) is 7.97. The van der Waals surface area contributed by atoms with Gasteiger partial charge in [-0.3, -0.25) is 9.59 Å². The molecule has 0 radical (unpaired) electrons. The molecule has 36 heavy (non-hydrogen) atoms. The summed E-state index contributed by atoms with van der Waals surface area (Å²) in [6.45, 7) is 1.36. The number of thiazole rings is 1. The van der Waals surface area contributed by atoms with Gasteiger partial charge in [0, 0.05) is 12.6 Å². The molecule has 0 saturated heterocycles.